The molecular weight excluding hydrogens is 272 g/mol. The van der Waals surface area contributed by atoms with Crippen molar-refractivity contribution in [3.63, 3.8) is 0 Å². The summed E-state index contributed by atoms with van der Waals surface area (Å²) in [5.41, 5.74) is 0.0333. The minimum Gasteiger partial charge on any atom is -0.357 e. The molecule has 19 heavy (non-hydrogen) atoms. The Hall–Kier alpha value is -2.22. The van der Waals surface area contributed by atoms with Gasteiger partial charge in [0.05, 0.1) is 11.5 Å². The Morgan fingerprint density at radius 3 is 2.84 bits per heavy atom. The fraction of sp³-hybridized carbons (Fsp3) is 0.300. The van der Waals surface area contributed by atoms with E-state index < -0.39 is 4.92 Å². The van der Waals surface area contributed by atoms with Crippen LogP contribution in [0.5, 0.6) is 0 Å². The predicted octanol–water partition coefficient (Wildman–Crippen LogP) is 1.69. The molecule has 9 heteroatoms. The average Bonchev–Trinajstić information content (AvgIpc) is 2.70. The maximum absolute atomic E-state index is 11.0. The second-order valence-electron chi connectivity index (χ2n) is 3.84. The summed E-state index contributed by atoms with van der Waals surface area (Å²) in [4.78, 5) is 22.2. The van der Waals surface area contributed by atoms with Crippen LogP contribution in [0.25, 0.3) is 0 Å². The Morgan fingerprint density at radius 1 is 1.53 bits per heavy atom. The van der Waals surface area contributed by atoms with Crippen molar-refractivity contribution >= 4 is 23.1 Å². The maximum atomic E-state index is 11.0. The molecule has 2 aromatic heterocycles. The van der Waals surface area contributed by atoms with Gasteiger partial charge in [-0.1, -0.05) is 0 Å². The van der Waals surface area contributed by atoms with Gasteiger partial charge in [-0.15, -0.1) is 0 Å². The fourth-order valence-electron chi connectivity index (χ4n) is 1.60. The highest BCUT2D eigenvalue weighted by Crippen LogP contribution is 2.26. The normalized spacial score (nSPS) is 10.5. The number of aromatic nitrogens is 4. The quantitative estimate of drug-likeness (QED) is 0.520. The van der Waals surface area contributed by atoms with Gasteiger partial charge >= 0.3 is 5.69 Å². The van der Waals surface area contributed by atoms with Crippen LogP contribution in [0, 0.1) is 17.0 Å². The summed E-state index contributed by atoms with van der Waals surface area (Å²) in [6.45, 7) is 1.81. The van der Waals surface area contributed by atoms with Crippen molar-refractivity contribution in [1.82, 2.24) is 19.5 Å². The molecule has 100 valence electrons. The molecule has 0 aliphatic rings. The zero-order valence-electron chi connectivity index (χ0n) is 10.3. The number of rotatable bonds is 4. The van der Waals surface area contributed by atoms with E-state index in [1.54, 1.807) is 17.0 Å². The van der Waals surface area contributed by atoms with Crippen LogP contribution in [0.4, 0.5) is 11.5 Å². The summed E-state index contributed by atoms with van der Waals surface area (Å²) < 4.78 is 1.80. The number of imidazole rings is 1. The molecule has 0 aromatic carbocycles. The van der Waals surface area contributed by atoms with Gasteiger partial charge in [0.1, 0.15) is 11.5 Å². The molecule has 0 spiro atoms. The molecule has 0 radical (unpaired) electrons. The Bertz CT molecular complexity index is 626. The minimum atomic E-state index is -0.535. The van der Waals surface area contributed by atoms with E-state index >= 15 is 0 Å². The van der Waals surface area contributed by atoms with E-state index in [0.717, 1.165) is 5.82 Å². The van der Waals surface area contributed by atoms with Crippen LogP contribution in [0.1, 0.15) is 11.5 Å². The van der Waals surface area contributed by atoms with E-state index in [4.69, 9.17) is 11.6 Å². The number of nitro groups is 1. The number of nitrogens with one attached hydrogen (secondary N) is 1. The van der Waals surface area contributed by atoms with E-state index in [2.05, 4.69) is 20.3 Å². The van der Waals surface area contributed by atoms with Crippen LogP contribution in [0.2, 0.25) is 5.28 Å². The molecule has 8 nitrogen and oxygen atoms in total. The number of halogens is 1. The highest BCUT2D eigenvalue weighted by Gasteiger charge is 2.21. The van der Waals surface area contributed by atoms with Crippen molar-refractivity contribution in [2.75, 3.05) is 5.32 Å². The monoisotopic (exact) mass is 282 g/mol. The van der Waals surface area contributed by atoms with Crippen molar-refractivity contribution in [3.8, 4) is 0 Å². The number of hydrogen-bond donors (Lipinski definition) is 1. The standard InChI is InChI=1S/C10H11ClN6O2/c1-6-8(17(18)19)9(15-10(11)14-6)13-5-7-12-3-4-16(7)2/h3-4H,5H2,1-2H3,(H,13,14,15). The second-order valence-corrected chi connectivity index (χ2v) is 4.18. The molecule has 2 heterocycles. The zero-order valence-corrected chi connectivity index (χ0v) is 11.0. The highest BCUT2D eigenvalue weighted by atomic mass is 35.5. The Morgan fingerprint density at radius 2 is 2.26 bits per heavy atom. The van der Waals surface area contributed by atoms with Crippen molar-refractivity contribution < 1.29 is 4.92 Å². The molecule has 2 rings (SSSR count). The molecule has 2 aromatic rings. The van der Waals surface area contributed by atoms with Gasteiger partial charge in [-0.25, -0.2) is 9.97 Å². The summed E-state index contributed by atoms with van der Waals surface area (Å²) in [6, 6.07) is 0. The molecule has 0 atom stereocenters. The lowest BCUT2D eigenvalue weighted by molar-refractivity contribution is -0.385. The molecule has 0 saturated carbocycles. The maximum Gasteiger partial charge on any atom is 0.332 e. The van der Waals surface area contributed by atoms with Crippen molar-refractivity contribution in [2.45, 2.75) is 13.5 Å². The van der Waals surface area contributed by atoms with Crippen molar-refractivity contribution in [3.05, 3.63) is 39.3 Å². The summed E-state index contributed by atoms with van der Waals surface area (Å²) in [6.07, 6.45) is 3.42. The highest BCUT2D eigenvalue weighted by molar-refractivity contribution is 6.28. The van der Waals surface area contributed by atoms with Crippen LogP contribution < -0.4 is 5.32 Å². The first-order valence-corrected chi connectivity index (χ1v) is 5.75. The van der Waals surface area contributed by atoms with Gasteiger partial charge in [0, 0.05) is 19.4 Å². The van der Waals surface area contributed by atoms with Gasteiger partial charge < -0.3 is 9.88 Å². The predicted molar refractivity (Wildman–Crippen MR) is 69.0 cm³/mol. The first kappa shape index (κ1) is 13.2. The lowest BCUT2D eigenvalue weighted by Crippen LogP contribution is -2.10. The number of hydrogen-bond acceptors (Lipinski definition) is 6. The van der Waals surface area contributed by atoms with Gasteiger partial charge in [0.25, 0.3) is 0 Å². The molecule has 0 aliphatic heterocycles. The van der Waals surface area contributed by atoms with E-state index in [0.29, 0.717) is 6.54 Å². The second kappa shape index (κ2) is 5.19. The summed E-state index contributed by atoms with van der Waals surface area (Å²) in [5, 5.41) is 13.8. The molecule has 0 amide bonds. The van der Waals surface area contributed by atoms with Crippen LogP contribution in [-0.4, -0.2) is 24.4 Å². The van der Waals surface area contributed by atoms with Crippen LogP contribution in [-0.2, 0) is 13.6 Å². The third kappa shape index (κ3) is 2.79. The van der Waals surface area contributed by atoms with Crippen molar-refractivity contribution in [2.24, 2.45) is 7.05 Å². The van der Waals surface area contributed by atoms with Gasteiger partial charge in [0.15, 0.2) is 0 Å². The van der Waals surface area contributed by atoms with Gasteiger partial charge in [0.2, 0.25) is 11.1 Å². The lowest BCUT2D eigenvalue weighted by Gasteiger charge is -2.07. The summed E-state index contributed by atoms with van der Waals surface area (Å²) in [5.74, 6) is 0.812. The fourth-order valence-corrected chi connectivity index (χ4v) is 1.82. The summed E-state index contributed by atoms with van der Waals surface area (Å²) in [7, 11) is 1.83. The summed E-state index contributed by atoms with van der Waals surface area (Å²) >= 11 is 5.71. The van der Waals surface area contributed by atoms with E-state index in [1.807, 2.05) is 7.05 Å². The molecule has 0 aliphatic carbocycles. The van der Waals surface area contributed by atoms with E-state index in [-0.39, 0.29) is 22.5 Å². The van der Waals surface area contributed by atoms with E-state index in [1.165, 1.54) is 6.92 Å². The van der Waals surface area contributed by atoms with E-state index in [9.17, 15) is 10.1 Å². The molecule has 0 saturated heterocycles. The van der Waals surface area contributed by atoms with Crippen LogP contribution >= 0.6 is 11.6 Å². The lowest BCUT2D eigenvalue weighted by atomic mass is 10.3. The first-order chi connectivity index (χ1) is 8.99. The number of anilines is 1. The third-order valence-corrected chi connectivity index (χ3v) is 2.72. The molecule has 0 unspecified atom stereocenters. The van der Waals surface area contributed by atoms with Gasteiger partial charge in [-0.2, -0.15) is 4.98 Å². The zero-order chi connectivity index (χ0) is 14.0. The SMILES string of the molecule is Cc1nc(Cl)nc(NCc2nccn2C)c1[N+](=O)[O-]. The number of aryl methyl sites for hydroxylation is 2. The minimum absolute atomic E-state index is 0.0366. The third-order valence-electron chi connectivity index (χ3n) is 2.55. The Labute approximate surface area is 113 Å². The molecular formula is C10H11ClN6O2. The largest absolute Gasteiger partial charge is 0.357 e. The Kier molecular flexibility index (Phi) is 3.61. The van der Waals surface area contributed by atoms with Gasteiger partial charge in [-0.3, -0.25) is 10.1 Å². The molecule has 0 fully saturated rings. The molecule has 0 bridgehead atoms. The van der Waals surface area contributed by atoms with Crippen molar-refractivity contribution in [1.29, 1.82) is 0 Å². The average molecular weight is 283 g/mol. The van der Waals surface area contributed by atoms with Gasteiger partial charge in [-0.05, 0) is 18.5 Å². The smallest absolute Gasteiger partial charge is 0.332 e. The number of nitrogens with zero attached hydrogens (tertiary/aromatic N) is 5. The Balaban J connectivity index is 2.29. The van der Waals surface area contributed by atoms with Crippen LogP contribution in [0.3, 0.4) is 0 Å². The first-order valence-electron chi connectivity index (χ1n) is 5.37. The topological polar surface area (TPSA) is 98.8 Å². The van der Waals surface area contributed by atoms with Crippen LogP contribution in [0.15, 0.2) is 12.4 Å². The molecule has 1 N–H and O–H groups in total.